The molecule has 0 atom stereocenters. The molecule has 0 radical (unpaired) electrons. The number of hydrogen-bond acceptors (Lipinski definition) is 3. The van der Waals surface area contributed by atoms with Gasteiger partial charge in [-0.1, -0.05) is 6.92 Å². The molecule has 15 heavy (non-hydrogen) atoms. The van der Waals surface area contributed by atoms with Crippen molar-refractivity contribution in [2.45, 2.75) is 26.2 Å². The highest BCUT2D eigenvalue weighted by molar-refractivity contribution is 5.89. The molecular formula is C11H15NO3. The van der Waals surface area contributed by atoms with Crippen molar-refractivity contribution < 1.29 is 14.3 Å². The highest BCUT2D eigenvalue weighted by Crippen LogP contribution is 2.01. The van der Waals surface area contributed by atoms with Gasteiger partial charge in [0.1, 0.15) is 5.78 Å². The Kier molecular flexibility index (Phi) is 4.60. The molecule has 4 heteroatoms. The summed E-state index contributed by atoms with van der Waals surface area (Å²) in [6.45, 7) is 2.12. The van der Waals surface area contributed by atoms with Crippen molar-refractivity contribution in [3.63, 3.8) is 0 Å². The molecule has 0 bridgehead atoms. The van der Waals surface area contributed by atoms with E-state index in [4.69, 9.17) is 4.74 Å². The van der Waals surface area contributed by atoms with E-state index in [1.807, 2.05) is 6.92 Å². The van der Waals surface area contributed by atoms with Crippen molar-refractivity contribution in [3.05, 3.63) is 24.0 Å². The third kappa shape index (κ3) is 3.97. The Morgan fingerprint density at radius 1 is 1.40 bits per heavy atom. The summed E-state index contributed by atoms with van der Waals surface area (Å²) in [6, 6.07) is 1.64. The van der Waals surface area contributed by atoms with Crippen LogP contribution < -0.4 is 0 Å². The van der Waals surface area contributed by atoms with Crippen LogP contribution >= 0.6 is 0 Å². The third-order valence-corrected chi connectivity index (χ3v) is 1.98. The van der Waals surface area contributed by atoms with Crippen LogP contribution in [0.2, 0.25) is 0 Å². The summed E-state index contributed by atoms with van der Waals surface area (Å²) in [5.41, 5.74) is 0.484. The number of carbonyl (C=O) groups is 2. The molecule has 1 N–H and O–H groups in total. The number of nitrogens with one attached hydrogen (secondary N) is 1. The van der Waals surface area contributed by atoms with Gasteiger partial charge in [-0.05, 0) is 12.5 Å². The predicted octanol–water partition coefficient (Wildman–Crippen LogP) is 1.93. The van der Waals surface area contributed by atoms with E-state index in [1.165, 1.54) is 0 Å². The number of rotatable bonds is 6. The van der Waals surface area contributed by atoms with Crippen LogP contribution in [0.3, 0.4) is 0 Å². The minimum absolute atomic E-state index is 0.138. The Morgan fingerprint density at radius 3 is 2.80 bits per heavy atom. The molecule has 0 aromatic carbocycles. The first-order valence-electron chi connectivity index (χ1n) is 5.05. The van der Waals surface area contributed by atoms with Crippen LogP contribution in [-0.2, 0) is 9.53 Å². The molecular weight excluding hydrogens is 194 g/mol. The largest absolute Gasteiger partial charge is 0.462 e. The van der Waals surface area contributed by atoms with Gasteiger partial charge in [0.2, 0.25) is 0 Å². The molecule has 1 rings (SSSR count). The van der Waals surface area contributed by atoms with Crippen LogP contribution in [-0.4, -0.2) is 23.3 Å². The smallest absolute Gasteiger partial charge is 0.339 e. The van der Waals surface area contributed by atoms with E-state index in [0.29, 0.717) is 18.4 Å². The zero-order chi connectivity index (χ0) is 11.1. The Morgan fingerprint density at radius 2 is 2.20 bits per heavy atom. The Balaban J connectivity index is 2.21. The van der Waals surface area contributed by atoms with Crippen LogP contribution in [0.4, 0.5) is 0 Å². The van der Waals surface area contributed by atoms with Crippen molar-refractivity contribution in [1.29, 1.82) is 0 Å². The molecule has 0 amide bonds. The van der Waals surface area contributed by atoms with E-state index in [-0.39, 0.29) is 18.4 Å². The van der Waals surface area contributed by atoms with Gasteiger partial charge in [0.25, 0.3) is 0 Å². The highest BCUT2D eigenvalue weighted by atomic mass is 16.5. The first kappa shape index (κ1) is 11.5. The van der Waals surface area contributed by atoms with Gasteiger partial charge in [0.15, 0.2) is 0 Å². The molecule has 4 nitrogen and oxygen atoms in total. The molecule has 1 heterocycles. The van der Waals surface area contributed by atoms with Gasteiger partial charge in [-0.3, -0.25) is 4.79 Å². The quantitative estimate of drug-likeness (QED) is 0.728. The summed E-state index contributed by atoms with van der Waals surface area (Å²) in [5, 5.41) is 0. The maximum atomic E-state index is 11.3. The molecule has 0 fully saturated rings. The molecule has 0 aliphatic heterocycles. The van der Waals surface area contributed by atoms with Gasteiger partial charge in [-0.2, -0.15) is 0 Å². The monoisotopic (exact) mass is 209 g/mol. The van der Waals surface area contributed by atoms with Crippen LogP contribution in [0.15, 0.2) is 18.5 Å². The van der Waals surface area contributed by atoms with Crippen LogP contribution in [0.1, 0.15) is 36.5 Å². The minimum Gasteiger partial charge on any atom is -0.462 e. The average molecular weight is 209 g/mol. The van der Waals surface area contributed by atoms with Crippen LogP contribution in [0.25, 0.3) is 0 Å². The van der Waals surface area contributed by atoms with Crippen molar-refractivity contribution in [2.24, 2.45) is 0 Å². The Hall–Kier alpha value is -1.58. The summed E-state index contributed by atoms with van der Waals surface area (Å²) < 4.78 is 4.92. The van der Waals surface area contributed by atoms with Gasteiger partial charge in [-0.15, -0.1) is 0 Å². The summed E-state index contributed by atoms with van der Waals surface area (Å²) in [6.07, 6.45) is 4.92. The lowest BCUT2D eigenvalue weighted by molar-refractivity contribution is -0.119. The van der Waals surface area contributed by atoms with E-state index in [9.17, 15) is 9.59 Å². The Bertz CT molecular complexity index is 317. The lowest BCUT2D eigenvalue weighted by Gasteiger charge is -2.02. The van der Waals surface area contributed by atoms with Gasteiger partial charge in [0, 0.05) is 25.2 Å². The second kappa shape index (κ2) is 6.01. The molecule has 82 valence electrons. The van der Waals surface area contributed by atoms with Gasteiger partial charge in [-0.25, -0.2) is 4.79 Å². The van der Waals surface area contributed by atoms with Crippen molar-refractivity contribution in [1.82, 2.24) is 4.98 Å². The molecule has 1 aromatic heterocycles. The Labute approximate surface area is 88.6 Å². The lowest BCUT2D eigenvalue weighted by Crippen LogP contribution is -2.09. The fraction of sp³-hybridized carbons (Fsp3) is 0.455. The highest BCUT2D eigenvalue weighted by Gasteiger charge is 2.07. The average Bonchev–Trinajstić information content (AvgIpc) is 2.70. The standard InChI is InChI=1S/C11H15NO3/c1-2-3-10(13)5-7-15-11(14)9-4-6-12-8-9/h4,6,8,12H,2-3,5,7H2,1H3. The number of aromatic amines is 1. The van der Waals surface area contributed by atoms with E-state index in [1.54, 1.807) is 18.5 Å². The topological polar surface area (TPSA) is 59.2 Å². The van der Waals surface area contributed by atoms with E-state index < -0.39 is 0 Å². The molecule has 0 aliphatic carbocycles. The van der Waals surface area contributed by atoms with Gasteiger partial charge >= 0.3 is 5.97 Å². The summed E-state index contributed by atoms with van der Waals surface area (Å²) >= 11 is 0. The number of ketones is 1. The molecule has 0 saturated heterocycles. The van der Waals surface area contributed by atoms with E-state index in [2.05, 4.69) is 4.98 Å². The SMILES string of the molecule is CCCC(=O)CCOC(=O)c1cc[nH]c1. The van der Waals surface area contributed by atoms with E-state index in [0.717, 1.165) is 6.42 Å². The normalized spacial score (nSPS) is 9.93. The third-order valence-electron chi connectivity index (χ3n) is 1.98. The zero-order valence-corrected chi connectivity index (χ0v) is 8.79. The lowest BCUT2D eigenvalue weighted by atomic mass is 10.2. The number of Topliss-reactive ketones (excluding diaryl/α,β-unsaturated/α-hetero) is 1. The minimum atomic E-state index is -0.388. The van der Waals surface area contributed by atoms with Gasteiger partial charge < -0.3 is 9.72 Å². The molecule has 0 saturated carbocycles. The first-order valence-corrected chi connectivity index (χ1v) is 5.05. The number of ether oxygens (including phenoxy) is 1. The number of carbonyl (C=O) groups excluding carboxylic acids is 2. The number of H-pyrrole nitrogens is 1. The fourth-order valence-corrected chi connectivity index (χ4v) is 1.20. The van der Waals surface area contributed by atoms with Crippen molar-refractivity contribution in [2.75, 3.05) is 6.61 Å². The van der Waals surface area contributed by atoms with Gasteiger partial charge in [0.05, 0.1) is 12.2 Å². The second-order valence-electron chi connectivity index (χ2n) is 3.27. The number of esters is 1. The predicted molar refractivity (Wildman–Crippen MR) is 55.6 cm³/mol. The van der Waals surface area contributed by atoms with Crippen molar-refractivity contribution in [3.8, 4) is 0 Å². The fourth-order valence-electron chi connectivity index (χ4n) is 1.20. The zero-order valence-electron chi connectivity index (χ0n) is 8.79. The molecule has 0 aliphatic rings. The molecule has 1 aromatic rings. The first-order chi connectivity index (χ1) is 7.24. The summed E-state index contributed by atoms with van der Waals surface area (Å²) in [5.74, 6) is -0.250. The summed E-state index contributed by atoms with van der Waals surface area (Å²) in [4.78, 5) is 25.2. The second-order valence-corrected chi connectivity index (χ2v) is 3.27. The number of hydrogen-bond donors (Lipinski definition) is 1. The van der Waals surface area contributed by atoms with E-state index >= 15 is 0 Å². The number of aromatic nitrogens is 1. The maximum absolute atomic E-state index is 11.3. The maximum Gasteiger partial charge on any atom is 0.339 e. The molecule has 0 unspecified atom stereocenters. The molecule has 0 spiro atoms. The van der Waals surface area contributed by atoms with Crippen LogP contribution in [0, 0.1) is 0 Å². The van der Waals surface area contributed by atoms with Crippen LogP contribution in [0.5, 0.6) is 0 Å². The summed E-state index contributed by atoms with van der Waals surface area (Å²) in [7, 11) is 0. The van der Waals surface area contributed by atoms with Crippen molar-refractivity contribution >= 4 is 11.8 Å².